The minimum absolute atomic E-state index is 0.284. The molecule has 0 atom stereocenters. The molecule has 0 aromatic heterocycles. The molecule has 0 saturated heterocycles. The third kappa shape index (κ3) is 8.24. The van der Waals surface area contributed by atoms with E-state index in [2.05, 4.69) is 12.6 Å². The molecule has 0 saturated carbocycles. The summed E-state index contributed by atoms with van der Waals surface area (Å²) >= 11 is 1.58. The molecule has 0 N–H and O–H groups in total. The number of hydrogen-bond donors (Lipinski definition) is 0. The summed E-state index contributed by atoms with van der Waals surface area (Å²) in [6.45, 7) is 10.1. The van der Waals surface area contributed by atoms with Crippen molar-refractivity contribution in [2.45, 2.75) is 51.3 Å². The topological polar surface area (TPSA) is 76.4 Å². The van der Waals surface area contributed by atoms with E-state index in [9.17, 15) is 9.59 Å². The second-order valence-corrected chi connectivity index (χ2v) is 8.80. The molecule has 178 valence electrons. The molecule has 0 amide bonds. The first-order chi connectivity index (χ1) is 16.4. The zero-order chi connectivity index (χ0) is 24.9. The van der Waals surface area contributed by atoms with Gasteiger partial charge in [-0.25, -0.2) is 9.59 Å². The van der Waals surface area contributed by atoms with Crippen LogP contribution < -0.4 is 0 Å². The predicted octanol–water partition coefficient (Wildman–Crippen LogP) is 6.88. The average Bonchev–Trinajstić information content (AvgIpc) is 2.83. The van der Waals surface area contributed by atoms with Crippen molar-refractivity contribution >= 4 is 29.3 Å². The van der Waals surface area contributed by atoms with Gasteiger partial charge < -0.3 is 9.47 Å². The van der Waals surface area contributed by atoms with E-state index in [0.717, 1.165) is 26.5 Å². The first-order valence-corrected chi connectivity index (χ1v) is 12.2. The van der Waals surface area contributed by atoms with Crippen molar-refractivity contribution in [1.29, 1.82) is 5.26 Å². The van der Waals surface area contributed by atoms with E-state index in [4.69, 9.17) is 14.7 Å². The van der Waals surface area contributed by atoms with Gasteiger partial charge in [-0.1, -0.05) is 48.2 Å². The van der Waals surface area contributed by atoms with Gasteiger partial charge in [0.25, 0.3) is 0 Å². The number of thioether (sulfide) groups is 1. The number of hydrogen-bond acceptors (Lipinski definition) is 6. The fraction of sp³-hybridized carbons (Fsp3) is 0.321. The Bertz CT molecular complexity index is 1060. The highest BCUT2D eigenvalue weighted by molar-refractivity contribution is 8.03. The van der Waals surface area contributed by atoms with Crippen LogP contribution in [-0.2, 0) is 14.3 Å². The Balaban J connectivity index is 2.52. The third-order valence-corrected chi connectivity index (χ3v) is 6.14. The second kappa shape index (κ2) is 14.1. The molecule has 34 heavy (non-hydrogen) atoms. The SMILES string of the molecule is C=C(C/C(Sc1ccc(C)cc1)=C(/CCCC#N)c1ccc(C(=O)OCC)cc1)C(=O)OCC. The Hall–Kier alpha value is -3.30. The second-order valence-electron chi connectivity index (χ2n) is 7.63. The van der Waals surface area contributed by atoms with Crippen molar-refractivity contribution in [1.82, 2.24) is 0 Å². The molecule has 2 aromatic carbocycles. The average molecular weight is 478 g/mol. The third-order valence-electron chi connectivity index (χ3n) is 5.00. The molecule has 0 spiro atoms. The summed E-state index contributed by atoms with van der Waals surface area (Å²) in [5.74, 6) is -0.785. The van der Waals surface area contributed by atoms with Gasteiger partial charge in [-0.3, -0.25) is 0 Å². The van der Waals surface area contributed by atoms with Crippen LogP contribution in [0.3, 0.4) is 0 Å². The summed E-state index contributed by atoms with van der Waals surface area (Å²) < 4.78 is 10.2. The lowest BCUT2D eigenvalue weighted by atomic mass is 9.96. The van der Waals surface area contributed by atoms with Gasteiger partial charge in [0.2, 0.25) is 0 Å². The molecular formula is C28H31NO4S. The Morgan fingerprint density at radius 2 is 1.59 bits per heavy atom. The highest BCUT2D eigenvalue weighted by Gasteiger charge is 2.17. The Labute approximate surface area is 206 Å². The predicted molar refractivity (Wildman–Crippen MR) is 136 cm³/mol. The van der Waals surface area contributed by atoms with Crippen molar-refractivity contribution in [3.63, 3.8) is 0 Å². The number of nitriles is 1. The van der Waals surface area contributed by atoms with Gasteiger partial charge in [0.05, 0.1) is 24.8 Å². The quantitative estimate of drug-likeness (QED) is 0.144. The molecule has 0 bridgehead atoms. The van der Waals surface area contributed by atoms with Crippen LogP contribution in [0.25, 0.3) is 5.57 Å². The molecule has 0 aliphatic heterocycles. The number of esters is 2. The van der Waals surface area contributed by atoms with Gasteiger partial charge in [-0.2, -0.15) is 5.26 Å². The standard InChI is InChI=1S/C28H31NO4S/c1-5-32-27(30)21(4)19-26(34-24-16-10-20(3)11-17-24)25(9-7-8-18-29)22-12-14-23(15-13-22)28(31)33-6-2/h10-17H,4-9,19H2,1-3H3/b26-25+. The highest BCUT2D eigenvalue weighted by atomic mass is 32.2. The highest BCUT2D eigenvalue weighted by Crippen LogP contribution is 2.39. The molecule has 5 nitrogen and oxygen atoms in total. The monoisotopic (exact) mass is 477 g/mol. The molecule has 0 heterocycles. The Morgan fingerprint density at radius 1 is 0.971 bits per heavy atom. The lowest BCUT2D eigenvalue weighted by Gasteiger charge is -2.17. The largest absolute Gasteiger partial charge is 0.463 e. The van der Waals surface area contributed by atoms with E-state index in [0.29, 0.717) is 43.4 Å². The fourth-order valence-corrected chi connectivity index (χ4v) is 4.41. The van der Waals surface area contributed by atoms with Crippen LogP contribution >= 0.6 is 11.8 Å². The van der Waals surface area contributed by atoms with Crippen molar-refractivity contribution in [2.75, 3.05) is 13.2 Å². The van der Waals surface area contributed by atoms with Crippen LogP contribution in [0.2, 0.25) is 0 Å². The molecule has 0 aliphatic carbocycles. The zero-order valence-electron chi connectivity index (χ0n) is 20.1. The van der Waals surface area contributed by atoms with Gasteiger partial charge >= 0.3 is 11.9 Å². The number of rotatable bonds is 12. The van der Waals surface area contributed by atoms with Crippen LogP contribution in [0, 0.1) is 18.3 Å². The number of unbranched alkanes of at least 4 members (excludes halogenated alkanes) is 1. The van der Waals surface area contributed by atoms with Crippen LogP contribution in [0.15, 0.2) is 70.5 Å². The van der Waals surface area contributed by atoms with Gasteiger partial charge in [-0.05, 0) is 73.9 Å². The molecule has 0 aliphatic rings. The first-order valence-electron chi connectivity index (χ1n) is 11.4. The maximum atomic E-state index is 12.3. The zero-order valence-corrected chi connectivity index (χ0v) is 20.9. The molecule has 2 aromatic rings. The minimum atomic E-state index is -0.418. The molecule has 6 heteroatoms. The van der Waals surface area contributed by atoms with Gasteiger partial charge in [-0.15, -0.1) is 0 Å². The molecule has 0 radical (unpaired) electrons. The van der Waals surface area contributed by atoms with Crippen LogP contribution in [0.5, 0.6) is 0 Å². The van der Waals surface area contributed by atoms with Gasteiger partial charge in [0, 0.05) is 23.3 Å². The lowest BCUT2D eigenvalue weighted by Crippen LogP contribution is -2.08. The number of ether oxygens (including phenoxy) is 2. The summed E-state index contributed by atoms with van der Waals surface area (Å²) in [4.78, 5) is 26.4. The lowest BCUT2D eigenvalue weighted by molar-refractivity contribution is -0.138. The fourth-order valence-electron chi connectivity index (χ4n) is 3.26. The number of aryl methyl sites for hydroxylation is 1. The maximum Gasteiger partial charge on any atom is 0.338 e. The summed E-state index contributed by atoms with van der Waals surface area (Å²) in [5.41, 5.74) is 3.96. The van der Waals surface area contributed by atoms with Crippen LogP contribution in [0.1, 0.15) is 61.0 Å². The first kappa shape index (κ1) is 26.9. The van der Waals surface area contributed by atoms with Crippen molar-refractivity contribution < 1.29 is 19.1 Å². The Kier molecular flexibility index (Phi) is 11.2. The van der Waals surface area contributed by atoms with Crippen molar-refractivity contribution in [3.8, 4) is 6.07 Å². The van der Waals surface area contributed by atoms with E-state index in [1.807, 2.05) is 43.3 Å². The van der Waals surface area contributed by atoms with E-state index in [-0.39, 0.29) is 12.6 Å². The minimum Gasteiger partial charge on any atom is -0.463 e. The molecular weight excluding hydrogens is 446 g/mol. The van der Waals surface area contributed by atoms with E-state index < -0.39 is 5.97 Å². The summed E-state index contributed by atoms with van der Waals surface area (Å²) in [7, 11) is 0. The molecule has 2 rings (SSSR count). The number of allylic oxidation sites excluding steroid dienone is 2. The van der Waals surface area contributed by atoms with Crippen LogP contribution in [-0.4, -0.2) is 25.2 Å². The number of benzene rings is 2. The normalized spacial score (nSPS) is 11.2. The van der Waals surface area contributed by atoms with Gasteiger partial charge in [0.1, 0.15) is 0 Å². The smallest absolute Gasteiger partial charge is 0.338 e. The maximum absolute atomic E-state index is 12.3. The summed E-state index contributed by atoms with van der Waals surface area (Å²) in [6.07, 6.45) is 2.08. The van der Waals surface area contributed by atoms with Crippen molar-refractivity contribution in [3.05, 3.63) is 82.3 Å². The van der Waals surface area contributed by atoms with E-state index in [1.165, 1.54) is 0 Å². The number of carbonyl (C=O) groups is 2. The number of nitrogens with zero attached hydrogens (tertiary/aromatic N) is 1. The van der Waals surface area contributed by atoms with Crippen molar-refractivity contribution in [2.24, 2.45) is 0 Å². The summed E-state index contributed by atoms with van der Waals surface area (Å²) in [5, 5.41) is 9.08. The number of carbonyl (C=O) groups excluding carboxylic acids is 2. The van der Waals surface area contributed by atoms with E-state index in [1.54, 1.807) is 37.7 Å². The molecule has 0 fully saturated rings. The van der Waals surface area contributed by atoms with Gasteiger partial charge in [0.15, 0.2) is 0 Å². The van der Waals surface area contributed by atoms with E-state index >= 15 is 0 Å². The van der Waals surface area contributed by atoms with Crippen LogP contribution in [0.4, 0.5) is 0 Å². The summed E-state index contributed by atoms with van der Waals surface area (Å²) in [6, 6.07) is 17.6. The molecule has 0 unspecified atom stereocenters. The Morgan fingerprint density at radius 3 is 2.18 bits per heavy atom.